The third-order valence-corrected chi connectivity index (χ3v) is 3.04. The Kier molecular flexibility index (Phi) is 4.11. The summed E-state index contributed by atoms with van der Waals surface area (Å²) in [6, 6.07) is 7.16. The molecule has 0 unspecified atom stereocenters. The molecule has 1 heterocycles. The van der Waals surface area contributed by atoms with Gasteiger partial charge in [-0.15, -0.1) is 0 Å². The van der Waals surface area contributed by atoms with Gasteiger partial charge in [-0.3, -0.25) is 4.98 Å². The maximum absolute atomic E-state index is 6.06. The third kappa shape index (κ3) is 3.25. The highest BCUT2D eigenvalue weighted by molar-refractivity contribution is 6.41. The SMILES string of the molecule is Clc1cc(Cl)c(NCc2ccncc2)c(Cl)c1. The first-order chi connectivity index (χ1) is 8.16. The number of hydrogen-bond donors (Lipinski definition) is 1. The van der Waals surface area contributed by atoms with Crippen molar-refractivity contribution in [2.45, 2.75) is 6.54 Å². The molecule has 2 aromatic rings. The molecule has 1 aromatic heterocycles. The Labute approximate surface area is 115 Å². The van der Waals surface area contributed by atoms with Crippen LogP contribution >= 0.6 is 34.8 Å². The summed E-state index contributed by atoms with van der Waals surface area (Å²) in [5.74, 6) is 0. The maximum Gasteiger partial charge on any atom is 0.0722 e. The number of anilines is 1. The van der Waals surface area contributed by atoms with E-state index in [2.05, 4.69) is 10.3 Å². The fourth-order valence-electron chi connectivity index (χ4n) is 1.40. The minimum atomic E-state index is 0.511. The number of hydrogen-bond acceptors (Lipinski definition) is 2. The Morgan fingerprint density at radius 3 is 2.18 bits per heavy atom. The van der Waals surface area contributed by atoms with Crippen LogP contribution in [0.15, 0.2) is 36.7 Å². The van der Waals surface area contributed by atoms with Gasteiger partial charge in [-0.2, -0.15) is 0 Å². The Morgan fingerprint density at radius 2 is 1.59 bits per heavy atom. The van der Waals surface area contributed by atoms with Crippen molar-refractivity contribution in [3.05, 3.63) is 57.3 Å². The van der Waals surface area contributed by atoms with Crippen LogP contribution in [0.25, 0.3) is 0 Å². The van der Waals surface area contributed by atoms with Gasteiger partial charge in [0, 0.05) is 24.0 Å². The smallest absolute Gasteiger partial charge is 0.0722 e. The Bertz CT molecular complexity index is 491. The first-order valence-electron chi connectivity index (χ1n) is 4.94. The van der Waals surface area contributed by atoms with Crippen molar-refractivity contribution in [2.24, 2.45) is 0 Å². The highest BCUT2D eigenvalue weighted by atomic mass is 35.5. The van der Waals surface area contributed by atoms with E-state index in [4.69, 9.17) is 34.8 Å². The molecule has 0 saturated heterocycles. The van der Waals surface area contributed by atoms with E-state index in [9.17, 15) is 0 Å². The molecule has 2 rings (SSSR count). The summed E-state index contributed by atoms with van der Waals surface area (Å²) in [6.07, 6.45) is 3.48. The van der Waals surface area contributed by atoms with Gasteiger partial charge in [-0.05, 0) is 29.8 Å². The molecule has 0 aliphatic carbocycles. The Hall–Kier alpha value is -0.960. The van der Waals surface area contributed by atoms with E-state index < -0.39 is 0 Å². The molecule has 1 N–H and O–H groups in total. The van der Waals surface area contributed by atoms with Crippen LogP contribution in [0.2, 0.25) is 15.1 Å². The van der Waals surface area contributed by atoms with Gasteiger partial charge in [-0.25, -0.2) is 0 Å². The number of pyridine rings is 1. The molecule has 0 saturated carbocycles. The minimum Gasteiger partial charge on any atom is -0.379 e. The topological polar surface area (TPSA) is 24.9 Å². The summed E-state index contributed by atoms with van der Waals surface area (Å²) >= 11 is 17.9. The van der Waals surface area contributed by atoms with E-state index in [0.29, 0.717) is 27.3 Å². The van der Waals surface area contributed by atoms with Crippen molar-refractivity contribution in [3.8, 4) is 0 Å². The van der Waals surface area contributed by atoms with E-state index in [1.807, 2.05) is 12.1 Å². The minimum absolute atomic E-state index is 0.511. The molecule has 1 aromatic carbocycles. The average molecular weight is 288 g/mol. The summed E-state index contributed by atoms with van der Waals surface area (Å²) in [5, 5.41) is 4.72. The lowest BCUT2D eigenvalue weighted by Crippen LogP contribution is -2.00. The first kappa shape index (κ1) is 12.5. The van der Waals surface area contributed by atoms with Gasteiger partial charge in [0.15, 0.2) is 0 Å². The van der Waals surface area contributed by atoms with E-state index in [0.717, 1.165) is 5.56 Å². The molecule has 0 amide bonds. The summed E-state index contributed by atoms with van der Waals surface area (Å²) < 4.78 is 0. The van der Waals surface area contributed by atoms with Crippen molar-refractivity contribution in [3.63, 3.8) is 0 Å². The van der Waals surface area contributed by atoms with Crippen LogP contribution in [-0.2, 0) is 6.54 Å². The lowest BCUT2D eigenvalue weighted by molar-refractivity contribution is 1.13. The highest BCUT2D eigenvalue weighted by Crippen LogP contribution is 2.33. The number of benzene rings is 1. The zero-order chi connectivity index (χ0) is 12.3. The Morgan fingerprint density at radius 1 is 1.00 bits per heavy atom. The van der Waals surface area contributed by atoms with Gasteiger partial charge >= 0.3 is 0 Å². The van der Waals surface area contributed by atoms with E-state index in [1.165, 1.54) is 0 Å². The summed E-state index contributed by atoms with van der Waals surface area (Å²) in [4.78, 5) is 3.95. The van der Waals surface area contributed by atoms with Crippen LogP contribution in [-0.4, -0.2) is 4.98 Å². The lowest BCUT2D eigenvalue weighted by Gasteiger charge is -2.10. The monoisotopic (exact) mass is 286 g/mol. The van der Waals surface area contributed by atoms with Crippen molar-refractivity contribution in [2.75, 3.05) is 5.32 Å². The molecule has 0 fully saturated rings. The van der Waals surface area contributed by atoms with Gasteiger partial charge < -0.3 is 5.32 Å². The molecule has 88 valence electrons. The highest BCUT2D eigenvalue weighted by Gasteiger charge is 2.07. The van der Waals surface area contributed by atoms with Crippen molar-refractivity contribution in [1.29, 1.82) is 0 Å². The first-order valence-corrected chi connectivity index (χ1v) is 6.07. The number of nitrogens with one attached hydrogen (secondary N) is 1. The molecule has 0 aliphatic heterocycles. The van der Waals surface area contributed by atoms with Crippen molar-refractivity contribution in [1.82, 2.24) is 4.98 Å². The molecule has 0 radical (unpaired) electrons. The predicted molar refractivity (Wildman–Crippen MR) is 73.0 cm³/mol. The van der Waals surface area contributed by atoms with E-state index >= 15 is 0 Å². The van der Waals surface area contributed by atoms with Crippen molar-refractivity contribution >= 4 is 40.5 Å². The third-order valence-electron chi connectivity index (χ3n) is 2.23. The maximum atomic E-state index is 6.06. The lowest BCUT2D eigenvalue weighted by atomic mass is 10.2. The molecule has 2 nitrogen and oxygen atoms in total. The molecule has 5 heteroatoms. The fourth-order valence-corrected chi connectivity index (χ4v) is 2.35. The second-order valence-electron chi connectivity index (χ2n) is 3.45. The predicted octanol–water partition coefficient (Wildman–Crippen LogP) is 4.65. The molecular weight excluding hydrogens is 279 g/mol. The molecule has 0 atom stereocenters. The molecule has 0 aliphatic rings. The van der Waals surface area contributed by atoms with Gasteiger partial charge in [0.05, 0.1) is 15.7 Å². The molecule has 0 spiro atoms. The quantitative estimate of drug-likeness (QED) is 0.888. The van der Waals surface area contributed by atoms with E-state index in [1.54, 1.807) is 24.5 Å². The number of nitrogens with zero attached hydrogens (tertiary/aromatic N) is 1. The average Bonchev–Trinajstić information content (AvgIpc) is 2.29. The largest absolute Gasteiger partial charge is 0.379 e. The van der Waals surface area contributed by atoms with Crippen LogP contribution in [0.3, 0.4) is 0 Å². The van der Waals surface area contributed by atoms with Crippen LogP contribution in [0.4, 0.5) is 5.69 Å². The van der Waals surface area contributed by atoms with Crippen LogP contribution in [0.5, 0.6) is 0 Å². The summed E-state index contributed by atoms with van der Waals surface area (Å²) in [7, 11) is 0. The van der Waals surface area contributed by atoms with E-state index in [-0.39, 0.29) is 0 Å². The number of rotatable bonds is 3. The van der Waals surface area contributed by atoms with Gasteiger partial charge in [0.25, 0.3) is 0 Å². The van der Waals surface area contributed by atoms with Crippen LogP contribution in [0.1, 0.15) is 5.56 Å². The number of aromatic nitrogens is 1. The molecular formula is C12H9Cl3N2. The fraction of sp³-hybridized carbons (Fsp3) is 0.0833. The van der Waals surface area contributed by atoms with Gasteiger partial charge in [0.2, 0.25) is 0 Å². The van der Waals surface area contributed by atoms with Gasteiger partial charge in [-0.1, -0.05) is 34.8 Å². The zero-order valence-electron chi connectivity index (χ0n) is 8.75. The van der Waals surface area contributed by atoms with Crippen LogP contribution in [0, 0.1) is 0 Å². The molecule has 0 bridgehead atoms. The summed E-state index contributed by atoms with van der Waals surface area (Å²) in [6.45, 7) is 0.629. The standard InChI is InChI=1S/C12H9Cl3N2/c13-9-5-10(14)12(11(15)6-9)17-7-8-1-3-16-4-2-8/h1-6,17H,7H2. The number of halogens is 3. The summed E-state index contributed by atoms with van der Waals surface area (Å²) in [5.41, 5.74) is 1.79. The normalized spacial score (nSPS) is 10.3. The Balaban J connectivity index is 2.15. The molecule has 17 heavy (non-hydrogen) atoms. The van der Waals surface area contributed by atoms with Gasteiger partial charge in [0.1, 0.15) is 0 Å². The second kappa shape index (κ2) is 5.58. The second-order valence-corrected chi connectivity index (χ2v) is 4.70. The van der Waals surface area contributed by atoms with Crippen LogP contribution < -0.4 is 5.32 Å². The van der Waals surface area contributed by atoms with Crippen molar-refractivity contribution < 1.29 is 0 Å². The zero-order valence-corrected chi connectivity index (χ0v) is 11.0.